The lowest BCUT2D eigenvalue weighted by molar-refractivity contribution is -0.143. The second kappa shape index (κ2) is 11.1. The van der Waals surface area contributed by atoms with E-state index in [1.807, 2.05) is 81.5 Å². The van der Waals surface area contributed by atoms with Crippen LogP contribution in [0.2, 0.25) is 0 Å². The second-order valence-corrected chi connectivity index (χ2v) is 6.08. The molecule has 2 aromatic carbocycles. The Morgan fingerprint density at radius 2 is 1.56 bits per heavy atom. The average molecular weight is 368 g/mol. The standard InChI is InChI=1S/C23H28O4/c1-4-7-20(16-23(24)26-6-3)19-10-14-22(15-11-19)27-17-18-8-12-21(13-9-18)25-5-2/h4,7-15,20H,5-6,16-17H2,1-3H3. The van der Waals surface area contributed by atoms with Crippen LogP contribution in [0.4, 0.5) is 0 Å². The van der Waals surface area contributed by atoms with Crippen molar-refractivity contribution in [1.29, 1.82) is 0 Å². The number of carbonyl (C=O) groups excluding carboxylic acids is 1. The van der Waals surface area contributed by atoms with Crippen molar-refractivity contribution in [3.05, 3.63) is 71.8 Å². The van der Waals surface area contributed by atoms with Crippen LogP contribution in [0.5, 0.6) is 11.5 Å². The number of ether oxygens (including phenoxy) is 3. The van der Waals surface area contributed by atoms with E-state index in [1.54, 1.807) is 0 Å². The van der Waals surface area contributed by atoms with E-state index in [0.717, 1.165) is 22.6 Å². The third-order valence-electron chi connectivity index (χ3n) is 4.06. The maximum absolute atomic E-state index is 11.8. The van der Waals surface area contributed by atoms with Crippen molar-refractivity contribution in [3.8, 4) is 11.5 Å². The molecule has 2 aromatic rings. The molecule has 0 radical (unpaired) electrons. The zero-order valence-electron chi connectivity index (χ0n) is 16.3. The van der Waals surface area contributed by atoms with Gasteiger partial charge in [-0.15, -0.1) is 0 Å². The lowest BCUT2D eigenvalue weighted by Crippen LogP contribution is -2.09. The Labute approximate surface area is 161 Å². The molecule has 0 aliphatic carbocycles. The number of esters is 1. The summed E-state index contributed by atoms with van der Waals surface area (Å²) in [5, 5.41) is 0. The molecule has 4 heteroatoms. The quantitative estimate of drug-likeness (QED) is 0.423. The normalized spacial score (nSPS) is 12.0. The molecule has 2 rings (SSSR count). The van der Waals surface area contributed by atoms with Gasteiger partial charge in [-0.25, -0.2) is 0 Å². The highest BCUT2D eigenvalue weighted by atomic mass is 16.5. The molecule has 4 nitrogen and oxygen atoms in total. The summed E-state index contributed by atoms with van der Waals surface area (Å²) in [7, 11) is 0. The minimum absolute atomic E-state index is 0.00853. The summed E-state index contributed by atoms with van der Waals surface area (Å²) in [6.45, 7) is 7.29. The smallest absolute Gasteiger partial charge is 0.306 e. The van der Waals surface area contributed by atoms with Gasteiger partial charge in [-0.1, -0.05) is 36.4 Å². The maximum Gasteiger partial charge on any atom is 0.306 e. The Morgan fingerprint density at radius 1 is 0.926 bits per heavy atom. The molecule has 1 unspecified atom stereocenters. The molecule has 0 fully saturated rings. The average Bonchev–Trinajstić information content (AvgIpc) is 2.68. The van der Waals surface area contributed by atoms with Crippen LogP contribution in [0.3, 0.4) is 0 Å². The van der Waals surface area contributed by atoms with Crippen LogP contribution < -0.4 is 9.47 Å². The molecule has 0 aromatic heterocycles. The highest BCUT2D eigenvalue weighted by Gasteiger charge is 2.14. The minimum atomic E-state index is -0.184. The molecule has 1 atom stereocenters. The third-order valence-corrected chi connectivity index (χ3v) is 4.06. The molecular formula is C23H28O4. The van der Waals surface area contributed by atoms with Crippen molar-refractivity contribution in [2.24, 2.45) is 0 Å². The summed E-state index contributed by atoms with van der Waals surface area (Å²) in [6.07, 6.45) is 4.32. The van der Waals surface area contributed by atoms with Gasteiger partial charge in [-0.05, 0) is 56.2 Å². The Hall–Kier alpha value is -2.75. The fraction of sp³-hybridized carbons (Fsp3) is 0.348. The zero-order chi connectivity index (χ0) is 19.5. The molecule has 0 saturated carbocycles. The molecule has 0 amide bonds. The third kappa shape index (κ3) is 6.81. The van der Waals surface area contributed by atoms with Crippen LogP contribution in [-0.4, -0.2) is 19.2 Å². The molecule has 0 bridgehead atoms. The van der Waals surface area contributed by atoms with Crippen molar-refractivity contribution in [2.45, 2.75) is 39.7 Å². The van der Waals surface area contributed by atoms with E-state index in [2.05, 4.69) is 0 Å². The van der Waals surface area contributed by atoms with Crippen LogP contribution >= 0.6 is 0 Å². The van der Waals surface area contributed by atoms with E-state index in [4.69, 9.17) is 14.2 Å². The van der Waals surface area contributed by atoms with Gasteiger partial charge in [0.25, 0.3) is 0 Å². The summed E-state index contributed by atoms with van der Waals surface area (Å²) in [5.41, 5.74) is 2.14. The van der Waals surface area contributed by atoms with Crippen molar-refractivity contribution < 1.29 is 19.0 Å². The van der Waals surface area contributed by atoms with Crippen LogP contribution in [-0.2, 0) is 16.1 Å². The van der Waals surface area contributed by atoms with Gasteiger partial charge in [0, 0.05) is 5.92 Å². The lowest BCUT2D eigenvalue weighted by Gasteiger charge is -2.14. The summed E-state index contributed by atoms with van der Waals surface area (Å²) in [6, 6.07) is 15.8. The van der Waals surface area contributed by atoms with Gasteiger partial charge in [0.2, 0.25) is 0 Å². The largest absolute Gasteiger partial charge is 0.494 e. The molecule has 27 heavy (non-hydrogen) atoms. The summed E-state index contributed by atoms with van der Waals surface area (Å²) < 4.78 is 16.4. The van der Waals surface area contributed by atoms with Crippen molar-refractivity contribution in [2.75, 3.05) is 13.2 Å². The first-order chi connectivity index (χ1) is 13.2. The fourth-order valence-corrected chi connectivity index (χ4v) is 2.76. The zero-order valence-corrected chi connectivity index (χ0v) is 16.3. The number of carbonyl (C=O) groups is 1. The summed E-state index contributed by atoms with van der Waals surface area (Å²) in [5.74, 6) is 1.48. The van der Waals surface area contributed by atoms with E-state index in [1.165, 1.54) is 0 Å². The SMILES string of the molecule is CC=CC(CC(=O)OCC)c1ccc(OCc2ccc(OCC)cc2)cc1. The van der Waals surface area contributed by atoms with Gasteiger partial charge in [0.05, 0.1) is 19.6 Å². The van der Waals surface area contributed by atoms with E-state index in [9.17, 15) is 4.79 Å². The predicted octanol–water partition coefficient (Wildman–Crippen LogP) is 5.28. The molecule has 144 valence electrons. The molecule has 0 heterocycles. The van der Waals surface area contributed by atoms with Gasteiger partial charge in [0.1, 0.15) is 18.1 Å². The Morgan fingerprint density at radius 3 is 2.15 bits per heavy atom. The van der Waals surface area contributed by atoms with E-state index >= 15 is 0 Å². The minimum Gasteiger partial charge on any atom is -0.494 e. The highest BCUT2D eigenvalue weighted by molar-refractivity contribution is 5.71. The van der Waals surface area contributed by atoms with Crippen molar-refractivity contribution >= 4 is 5.97 Å². The Kier molecular flexibility index (Phi) is 8.43. The monoisotopic (exact) mass is 368 g/mol. The van der Waals surface area contributed by atoms with Gasteiger partial charge in [0.15, 0.2) is 0 Å². The van der Waals surface area contributed by atoms with E-state index in [0.29, 0.717) is 26.2 Å². The highest BCUT2D eigenvalue weighted by Crippen LogP contribution is 2.25. The topological polar surface area (TPSA) is 44.8 Å². The molecule has 0 N–H and O–H groups in total. The first-order valence-electron chi connectivity index (χ1n) is 9.39. The predicted molar refractivity (Wildman–Crippen MR) is 107 cm³/mol. The summed E-state index contributed by atoms with van der Waals surface area (Å²) >= 11 is 0. The molecular weight excluding hydrogens is 340 g/mol. The second-order valence-electron chi connectivity index (χ2n) is 6.08. The molecule has 0 spiro atoms. The van der Waals surface area contributed by atoms with Crippen LogP contribution in [0.15, 0.2) is 60.7 Å². The van der Waals surface area contributed by atoms with Crippen LogP contribution in [0, 0.1) is 0 Å². The van der Waals surface area contributed by atoms with Gasteiger partial charge in [-0.3, -0.25) is 4.79 Å². The van der Waals surface area contributed by atoms with E-state index < -0.39 is 0 Å². The number of benzene rings is 2. The summed E-state index contributed by atoms with van der Waals surface area (Å²) in [4.78, 5) is 11.8. The van der Waals surface area contributed by atoms with Crippen LogP contribution in [0.1, 0.15) is 44.2 Å². The number of hydrogen-bond acceptors (Lipinski definition) is 4. The molecule has 0 aliphatic rings. The first kappa shape index (κ1) is 20.6. The molecule has 0 aliphatic heterocycles. The van der Waals surface area contributed by atoms with Gasteiger partial charge in [-0.2, -0.15) is 0 Å². The number of rotatable bonds is 10. The Bertz CT molecular complexity index is 717. The fourth-order valence-electron chi connectivity index (χ4n) is 2.76. The molecule has 0 saturated heterocycles. The number of hydrogen-bond donors (Lipinski definition) is 0. The lowest BCUT2D eigenvalue weighted by atomic mass is 9.95. The Balaban J connectivity index is 1.95. The van der Waals surface area contributed by atoms with Gasteiger partial charge >= 0.3 is 5.97 Å². The van der Waals surface area contributed by atoms with Gasteiger partial charge < -0.3 is 14.2 Å². The first-order valence-corrected chi connectivity index (χ1v) is 9.39. The van der Waals surface area contributed by atoms with Crippen LogP contribution in [0.25, 0.3) is 0 Å². The maximum atomic E-state index is 11.8. The number of allylic oxidation sites excluding steroid dienone is 2. The van der Waals surface area contributed by atoms with E-state index in [-0.39, 0.29) is 11.9 Å². The van der Waals surface area contributed by atoms with Crippen molar-refractivity contribution in [3.63, 3.8) is 0 Å². The van der Waals surface area contributed by atoms with Crippen molar-refractivity contribution in [1.82, 2.24) is 0 Å².